The summed E-state index contributed by atoms with van der Waals surface area (Å²) < 4.78 is 11.3. The fraction of sp³-hybridized carbons (Fsp3) is 0.529. The maximum atomic E-state index is 5.87. The number of piperidine rings is 1. The van der Waals surface area contributed by atoms with Crippen molar-refractivity contribution in [3.05, 3.63) is 36.4 Å². The smallest absolute Gasteiger partial charge is 0.161 e. The van der Waals surface area contributed by atoms with Crippen LogP contribution in [0.4, 0.5) is 0 Å². The van der Waals surface area contributed by atoms with Crippen molar-refractivity contribution in [3.63, 3.8) is 0 Å². The molecule has 1 N–H and O–H groups in total. The van der Waals surface area contributed by atoms with Gasteiger partial charge >= 0.3 is 0 Å². The minimum absolute atomic E-state index is 0.606. The van der Waals surface area contributed by atoms with Crippen molar-refractivity contribution in [2.24, 2.45) is 0 Å². The number of methoxy groups -OCH3 is 1. The Kier molecular flexibility index (Phi) is 5.93. The van der Waals surface area contributed by atoms with Crippen molar-refractivity contribution in [2.75, 3.05) is 20.3 Å². The van der Waals surface area contributed by atoms with Crippen molar-refractivity contribution in [1.29, 1.82) is 0 Å². The molecule has 0 radical (unpaired) electrons. The van der Waals surface area contributed by atoms with Crippen molar-refractivity contribution in [2.45, 2.75) is 38.1 Å². The van der Waals surface area contributed by atoms with Gasteiger partial charge in [-0.15, -0.1) is 6.58 Å². The molecule has 3 heteroatoms. The number of nitrogens with one attached hydrogen (secondary N) is 1. The van der Waals surface area contributed by atoms with E-state index >= 15 is 0 Å². The van der Waals surface area contributed by atoms with E-state index in [-0.39, 0.29) is 0 Å². The van der Waals surface area contributed by atoms with Gasteiger partial charge in [0, 0.05) is 6.04 Å². The van der Waals surface area contributed by atoms with E-state index in [1.165, 1.54) is 24.8 Å². The molecule has 0 saturated carbocycles. The lowest BCUT2D eigenvalue weighted by molar-refractivity contribution is 0.257. The molecule has 0 spiro atoms. The maximum absolute atomic E-state index is 5.87. The van der Waals surface area contributed by atoms with Crippen LogP contribution in [0.3, 0.4) is 0 Å². The van der Waals surface area contributed by atoms with Crippen molar-refractivity contribution < 1.29 is 9.47 Å². The summed E-state index contributed by atoms with van der Waals surface area (Å²) in [7, 11) is 1.68. The van der Waals surface area contributed by atoms with Gasteiger partial charge in [-0.3, -0.25) is 0 Å². The van der Waals surface area contributed by atoms with Crippen LogP contribution in [0.1, 0.15) is 31.2 Å². The third kappa shape index (κ3) is 4.27. The van der Waals surface area contributed by atoms with Crippen molar-refractivity contribution in [3.8, 4) is 11.5 Å². The number of hydrogen-bond donors (Lipinski definition) is 1. The Balaban J connectivity index is 1.86. The highest BCUT2D eigenvalue weighted by Crippen LogP contribution is 2.28. The van der Waals surface area contributed by atoms with Gasteiger partial charge in [-0.25, -0.2) is 0 Å². The molecular formula is C17H25NO2. The van der Waals surface area contributed by atoms with Gasteiger partial charge in [0.2, 0.25) is 0 Å². The molecule has 3 nitrogen and oxygen atoms in total. The van der Waals surface area contributed by atoms with Crippen LogP contribution in [0.2, 0.25) is 0 Å². The van der Waals surface area contributed by atoms with Crippen LogP contribution in [0, 0.1) is 0 Å². The molecule has 1 fully saturated rings. The number of benzene rings is 1. The highest BCUT2D eigenvalue weighted by molar-refractivity contribution is 5.43. The van der Waals surface area contributed by atoms with E-state index in [1.54, 1.807) is 7.11 Å². The first kappa shape index (κ1) is 14.9. The zero-order valence-electron chi connectivity index (χ0n) is 12.4. The molecule has 1 atom stereocenters. The third-order valence-electron chi connectivity index (χ3n) is 3.74. The maximum Gasteiger partial charge on any atom is 0.161 e. The molecule has 0 unspecified atom stereocenters. The first-order chi connectivity index (χ1) is 9.83. The molecule has 110 valence electrons. The van der Waals surface area contributed by atoms with Gasteiger partial charge < -0.3 is 14.8 Å². The van der Waals surface area contributed by atoms with Gasteiger partial charge in [0.15, 0.2) is 11.5 Å². The van der Waals surface area contributed by atoms with Crippen LogP contribution in [0.25, 0.3) is 0 Å². The molecule has 0 aliphatic carbocycles. The molecule has 20 heavy (non-hydrogen) atoms. The van der Waals surface area contributed by atoms with Crippen molar-refractivity contribution >= 4 is 0 Å². The van der Waals surface area contributed by atoms with Gasteiger partial charge in [0.25, 0.3) is 0 Å². The third-order valence-corrected chi connectivity index (χ3v) is 3.74. The average molecular weight is 275 g/mol. The summed E-state index contributed by atoms with van der Waals surface area (Å²) in [6.45, 7) is 5.63. The van der Waals surface area contributed by atoms with Gasteiger partial charge in [-0.05, 0) is 49.9 Å². The van der Waals surface area contributed by atoms with Crippen LogP contribution >= 0.6 is 0 Å². The van der Waals surface area contributed by atoms with Gasteiger partial charge in [0.05, 0.1) is 13.7 Å². The van der Waals surface area contributed by atoms with E-state index in [2.05, 4.69) is 18.0 Å². The predicted molar refractivity (Wildman–Crippen MR) is 82.6 cm³/mol. The van der Waals surface area contributed by atoms with E-state index < -0.39 is 0 Å². The molecule has 1 aliphatic heterocycles. The fourth-order valence-electron chi connectivity index (χ4n) is 2.61. The number of allylic oxidation sites excluding steroid dienone is 1. The monoisotopic (exact) mass is 275 g/mol. The second-order valence-electron chi connectivity index (χ2n) is 5.26. The Morgan fingerprint density at radius 3 is 2.95 bits per heavy atom. The Morgan fingerprint density at radius 2 is 2.25 bits per heavy atom. The lowest BCUT2D eigenvalue weighted by Gasteiger charge is -2.23. The van der Waals surface area contributed by atoms with Gasteiger partial charge in [-0.2, -0.15) is 0 Å². The minimum Gasteiger partial charge on any atom is -0.493 e. The summed E-state index contributed by atoms with van der Waals surface area (Å²) in [6.07, 6.45) is 7.69. The Labute approximate surface area is 122 Å². The normalized spacial score (nSPS) is 18.6. The zero-order valence-corrected chi connectivity index (χ0v) is 12.4. The van der Waals surface area contributed by atoms with Crippen LogP contribution in [0.15, 0.2) is 30.9 Å². The standard InChI is InChI=1S/C17H25NO2/c1-3-6-14-8-9-16(17(13-14)19-2)20-12-10-15-7-4-5-11-18-15/h3,8-9,13,15,18H,1,4-7,10-12H2,2H3/t15-/m0/s1. The van der Waals surface area contributed by atoms with E-state index in [4.69, 9.17) is 9.47 Å². The molecule has 1 saturated heterocycles. The Bertz CT molecular complexity index is 425. The first-order valence-electron chi connectivity index (χ1n) is 7.47. The van der Waals surface area contributed by atoms with E-state index in [9.17, 15) is 0 Å². The van der Waals surface area contributed by atoms with Crippen LogP contribution in [0.5, 0.6) is 11.5 Å². The largest absolute Gasteiger partial charge is 0.493 e. The summed E-state index contributed by atoms with van der Waals surface area (Å²) in [5.74, 6) is 1.64. The van der Waals surface area contributed by atoms with E-state index in [0.29, 0.717) is 6.04 Å². The Hall–Kier alpha value is -1.48. The van der Waals surface area contributed by atoms with E-state index in [1.807, 2.05) is 18.2 Å². The Morgan fingerprint density at radius 1 is 1.35 bits per heavy atom. The second-order valence-corrected chi connectivity index (χ2v) is 5.26. The zero-order chi connectivity index (χ0) is 14.2. The summed E-state index contributed by atoms with van der Waals surface area (Å²) in [5.41, 5.74) is 1.19. The van der Waals surface area contributed by atoms with E-state index in [0.717, 1.165) is 37.5 Å². The molecule has 0 bridgehead atoms. The van der Waals surface area contributed by atoms with Gasteiger partial charge in [-0.1, -0.05) is 18.6 Å². The summed E-state index contributed by atoms with van der Waals surface area (Å²) in [4.78, 5) is 0. The molecule has 1 aliphatic rings. The number of rotatable bonds is 7. The molecule has 1 aromatic carbocycles. The SMILES string of the molecule is C=CCc1ccc(OCC[C@@H]2CCCCN2)c(OC)c1. The average Bonchev–Trinajstić information content (AvgIpc) is 2.50. The topological polar surface area (TPSA) is 30.5 Å². The number of hydrogen-bond acceptors (Lipinski definition) is 3. The quantitative estimate of drug-likeness (QED) is 0.774. The lowest BCUT2D eigenvalue weighted by atomic mass is 10.0. The first-order valence-corrected chi connectivity index (χ1v) is 7.47. The minimum atomic E-state index is 0.606. The molecule has 1 heterocycles. The highest BCUT2D eigenvalue weighted by Gasteiger charge is 2.13. The lowest BCUT2D eigenvalue weighted by Crippen LogP contribution is -2.35. The summed E-state index contributed by atoms with van der Waals surface area (Å²) >= 11 is 0. The van der Waals surface area contributed by atoms with Crippen LogP contribution in [-0.2, 0) is 6.42 Å². The van der Waals surface area contributed by atoms with Crippen LogP contribution < -0.4 is 14.8 Å². The van der Waals surface area contributed by atoms with Crippen molar-refractivity contribution in [1.82, 2.24) is 5.32 Å². The molecule has 0 amide bonds. The highest BCUT2D eigenvalue weighted by atomic mass is 16.5. The van der Waals surface area contributed by atoms with Gasteiger partial charge in [0.1, 0.15) is 0 Å². The molecule has 0 aromatic heterocycles. The summed E-state index contributed by atoms with van der Waals surface area (Å²) in [6, 6.07) is 6.69. The second kappa shape index (κ2) is 7.95. The molecular weight excluding hydrogens is 250 g/mol. The predicted octanol–water partition coefficient (Wildman–Crippen LogP) is 3.33. The van der Waals surface area contributed by atoms with Crippen LogP contribution in [-0.4, -0.2) is 26.3 Å². The summed E-state index contributed by atoms with van der Waals surface area (Å²) in [5, 5.41) is 3.54. The molecule has 2 rings (SSSR count). The molecule has 1 aromatic rings. The fourth-order valence-corrected chi connectivity index (χ4v) is 2.61. The number of ether oxygens (including phenoxy) is 2.